The van der Waals surface area contributed by atoms with Crippen molar-refractivity contribution in [1.82, 2.24) is 5.32 Å². The topological polar surface area (TPSA) is 64.4 Å². The van der Waals surface area contributed by atoms with E-state index in [-0.39, 0.29) is 11.3 Å². The fourth-order valence-corrected chi connectivity index (χ4v) is 3.17. The van der Waals surface area contributed by atoms with Gasteiger partial charge in [0.15, 0.2) is 17.5 Å². The number of halogens is 3. The van der Waals surface area contributed by atoms with Crippen LogP contribution in [0.25, 0.3) is 0 Å². The first kappa shape index (κ1) is 21.3. The lowest BCUT2D eigenvalue weighted by atomic mass is 9.96. The summed E-state index contributed by atoms with van der Waals surface area (Å²) in [6.45, 7) is 1.67. The second-order valence-electron chi connectivity index (χ2n) is 6.75. The Morgan fingerprint density at radius 2 is 1.57 bits per heavy atom. The van der Waals surface area contributed by atoms with E-state index in [1.165, 1.54) is 19.2 Å². The van der Waals surface area contributed by atoms with Crippen molar-refractivity contribution in [3.63, 3.8) is 0 Å². The van der Waals surface area contributed by atoms with Gasteiger partial charge in [-0.3, -0.25) is 15.4 Å². The molecule has 0 saturated heterocycles. The second-order valence-corrected chi connectivity index (χ2v) is 6.75. The molecule has 2 atom stereocenters. The van der Waals surface area contributed by atoms with Crippen molar-refractivity contribution < 1.29 is 22.8 Å². The summed E-state index contributed by atoms with van der Waals surface area (Å²) >= 11 is 0. The van der Waals surface area contributed by atoms with Crippen LogP contribution in [0, 0.1) is 27.6 Å². The van der Waals surface area contributed by atoms with Crippen LogP contribution in [-0.4, -0.2) is 12.0 Å². The van der Waals surface area contributed by atoms with E-state index in [1.54, 1.807) is 43.3 Å². The van der Waals surface area contributed by atoms with E-state index in [0.717, 1.165) is 17.7 Å². The summed E-state index contributed by atoms with van der Waals surface area (Å²) in [7, 11) is 1.53. The molecule has 0 radical (unpaired) electrons. The molecule has 3 rings (SSSR count). The van der Waals surface area contributed by atoms with Crippen molar-refractivity contribution >= 4 is 5.69 Å². The van der Waals surface area contributed by atoms with Crippen molar-refractivity contribution in [3.8, 4) is 5.75 Å². The highest BCUT2D eigenvalue weighted by atomic mass is 19.2. The molecule has 2 unspecified atom stereocenters. The van der Waals surface area contributed by atoms with Crippen LogP contribution in [0.3, 0.4) is 0 Å². The minimum Gasteiger partial charge on any atom is -0.497 e. The molecule has 0 fully saturated rings. The van der Waals surface area contributed by atoms with Crippen LogP contribution in [0.1, 0.15) is 35.7 Å². The van der Waals surface area contributed by atoms with Gasteiger partial charge in [0, 0.05) is 18.2 Å². The van der Waals surface area contributed by atoms with Crippen LogP contribution in [0.15, 0.2) is 60.7 Å². The second kappa shape index (κ2) is 8.96. The fourth-order valence-electron chi connectivity index (χ4n) is 3.17. The molecule has 0 aliphatic heterocycles. The summed E-state index contributed by atoms with van der Waals surface area (Å²) in [5.41, 5.74) is 1.46. The van der Waals surface area contributed by atoms with Gasteiger partial charge in [-0.25, -0.2) is 13.2 Å². The smallest absolute Gasteiger partial charge is 0.269 e. The van der Waals surface area contributed by atoms with Gasteiger partial charge in [-0.15, -0.1) is 0 Å². The third kappa shape index (κ3) is 4.60. The highest BCUT2D eigenvalue weighted by Crippen LogP contribution is 2.30. The Hall–Kier alpha value is -3.39. The summed E-state index contributed by atoms with van der Waals surface area (Å²) in [4.78, 5) is 10.7. The molecule has 0 saturated carbocycles. The van der Waals surface area contributed by atoms with Gasteiger partial charge < -0.3 is 4.74 Å². The van der Waals surface area contributed by atoms with Crippen molar-refractivity contribution in [3.05, 3.63) is 105 Å². The Bertz CT molecular complexity index is 1030. The van der Waals surface area contributed by atoms with E-state index in [2.05, 4.69) is 5.32 Å². The van der Waals surface area contributed by atoms with Gasteiger partial charge in [0.2, 0.25) is 0 Å². The normalized spacial score (nSPS) is 13.0. The number of hydrogen-bond acceptors (Lipinski definition) is 4. The first-order valence-electron chi connectivity index (χ1n) is 9.09. The first-order valence-corrected chi connectivity index (χ1v) is 9.09. The quantitative estimate of drug-likeness (QED) is 0.316. The summed E-state index contributed by atoms with van der Waals surface area (Å²) in [5.74, 6) is -3.46. The highest BCUT2D eigenvalue weighted by Gasteiger charge is 2.21. The number of hydrogen-bond donors (Lipinski definition) is 1. The third-order valence-corrected chi connectivity index (χ3v) is 4.79. The Morgan fingerprint density at radius 3 is 2.13 bits per heavy atom. The molecule has 0 heterocycles. The number of benzene rings is 3. The number of ether oxygens (including phenoxy) is 1. The van der Waals surface area contributed by atoms with Crippen molar-refractivity contribution in [2.45, 2.75) is 19.0 Å². The van der Waals surface area contributed by atoms with E-state index in [0.29, 0.717) is 11.3 Å². The Kier molecular flexibility index (Phi) is 6.37. The van der Waals surface area contributed by atoms with Gasteiger partial charge in [-0.2, -0.15) is 0 Å². The molecule has 0 amide bonds. The van der Waals surface area contributed by atoms with Gasteiger partial charge in [-0.05, 0) is 47.9 Å². The Morgan fingerprint density at radius 1 is 0.933 bits per heavy atom. The summed E-state index contributed by atoms with van der Waals surface area (Å²) in [6.07, 6.45) is 0. The van der Waals surface area contributed by atoms with Crippen molar-refractivity contribution in [2.75, 3.05) is 7.11 Å². The molecule has 0 spiro atoms. The van der Waals surface area contributed by atoms with Gasteiger partial charge in [0.25, 0.3) is 5.69 Å². The SMILES string of the molecule is COc1ccc(C(NC(C)c2cc(F)c(F)c(F)c2)c2cccc([N+](=O)[O-])c2)cc1. The predicted molar refractivity (Wildman–Crippen MR) is 106 cm³/mol. The summed E-state index contributed by atoms with van der Waals surface area (Å²) in [6, 6.07) is 13.9. The van der Waals surface area contributed by atoms with E-state index in [1.807, 2.05) is 0 Å². The molecule has 30 heavy (non-hydrogen) atoms. The molecule has 3 aromatic carbocycles. The van der Waals surface area contributed by atoms with Crippen LogP contribution < -0.4 is 10.1 Å². The zero-order valence-electron chi connectivity index (χ0n) is 16.2. The first-order chi connectivity index (χ1) is 14.3. The van der Waals surface area contributed by atoms with E-state index < -0.39 is 34.5 Å². The largest absolute Gasteiger partial charge is 0.497 e. The number of nitrogens with one attached hydrogen (secondary N) is 1. The number of nitrogens with zero attached hydrogens (tertiary/aromatic N) is 1. The minimum atomic E-state index is -1.53. The van der Waals surface area contributed by atoms with Gasteiger partial charge in [-0.1, -0.05) is 24.3 Å². The van der Waals surface area contributed by atoms with Crippen LogP contribution >= 0.6 is 0 Å². The number of nitro groups is 1. The van der Waals surface area contributed by atoms with Crippen LogP contribution in [0.4, 0.5) is 18.9 Å². The number of nitro benzene ring substituents is 1. The standard InChI is InChI=1S/C22H19F3N2O3/c1-13(16-11-19(23)21(25)20(24)12-16)26-22(14-6-8-18(30-2)9-7-14)15-4-3-5-17(10-15)27(28)29/h3-13,22,26H,1-2H3. The average molecular weight is 416 g/mol. The Balaban J connectivity index is 2.00. The van der Waals surface area contributed by atoms with Gasteiger partial charge >= 0.3 is 0 Å². The maximum absolute atomic E-state index is 13.7. The molecule has 1 N–H and O–H groups in total. The molecule has 0 aromatic heterocycles. The summed E-state index contributed by atoms with van der Waals surface area (Å²) < 4.78 is 45.8. The zero-order chi connectivity index (χ0) is 21.8. The fraction of sp³-hybridized carbons (Fsp3) is 0.182. The molecule has 5 nitrogen and oxygen atoms in total. The molecular weight excluding hydrogens is 397 g/mol. The van der Waals surface area contributed by atoms with E-state index >= 15 is 0 Å². The van der Waals surface area contributed by atoms with Gasteiger partial charge in [0.1, 0.15) is 5.75 Å². The van der Waals surface area contributed by atoms with E-state index in [9.17, 15) is 23.3 Å². The third-order valence-electron chi connectivity index (χ3n) is 4.79. The number of methoxy groups -OCH3 is 1. The zero-order valence-corrected chi connectivity index (χ0v) is 16.2. The molecule has 0 bridgehead atoms. The van der Waals surface area contributed by atoms with Crippen LogP contribution in [0.5, 0.6) is 5.75 Å². The molecule has 8 heteroatoms. The average Bonchev–Trinajstić information content (AvgIpc) is 2.75. The number of rotatable bonds is 7. The lowest BCUT2D eigenvalue weighted by Gasteiger charge is -2.25. The van der Waals surface area contributed by atoms with Crippen LogP contribution in [-0.2, 0) is 0 Å². The Labute approximate surface area is 171 Å². The maximum atomic E-state index is 13.7. The summed E-state index contributed by atoms with van der Waals surface area (Å²) in [5, 5.41) is 14.4. The van der Waals surface area contributed by atoms with Crippen LogP contribution in [0.2, 0.25) is 0 Å². The molecule has 3 aromatic rings. The maximum Gasteiger partial charge on any atom is 0.269 e. The molecule has 156 valence electrons. The number of non-ortho nitro benzene ring substituents is 1. The van der Waals surface area contributed by atoms with Crippen molar-refractivity contribution in [1.29, 1.82) is 0 Å². The van der Waals surface area contributed by atoms with Crippen molar-refractivity contribution in [2.24, 2.45) is 0 Å². The molecular formula is C22H19F3N2O3. The minimum absolute atomic E-state index is 0.0839. The molecule has 0 aliphatic rings. The lowest BCUT2D eigenvalue weighted by molar-refractivity contribution is -0.384. The monoisotopic (exact) mass is 416 g/mol. The lowest BCUT2D eigenvalue weighted by Crippen LogP contribution is -2.26. The molecule has 0 aliphatic carbocycles. The predicted octanol–water partition coefficient (Wildman–Crippen LogP) is 5.46. The highest BCUT2D eigenvalue weighted by molar-refractivity contribution is 5.41. The van der Waals surface area contributed by atoms with E-state index in [4.69, 9.17) is 4.74 Å². The van der Waals surface area contributed by atoms with Gasteiger partial charge in [0.05, 0.1) is 18.1 Å².